The maximum atomic E-state index is 6.21. The van der Waals surface area contributed by atoms with Crippen molar-refractivity contribution in [2.75, 3.05) is 5.32 Å². The number of aromatic nitrogens is 2. The van der Waals surface area contributed by atoms with E-state index in [1.807, 2.05) is 36.4 Å². The number of para-hydroxylation sites is 1. The molecule has 2 heterocycles. The Kier molecular flexibility index (Phi) is 3.67. The first kappa shape index (κ1) is 14.7. The molecule has 4 rings (SSSR count). The molecule has 0 fully saturated rings. The third-order valence-corrected chi connectivity index (χ3v) is 4.17. The lowest BCUT2D eigenvalue weighted by molar-refractivity contribution is 0.572. The molecule has 0 aliphatic rings. The van der Waals surface area contributed by atoms with Crippen LogP contribution in [0.3, 0.4) is 0 Å². The predicted molar refractivity (Wildman–Crippen MR) is 96.7 cm³/mol. The van der Waals surface area contributed by atoms with Crippen molar-refractivity contribution in [2.45, 2.75) is 6.92 Å². The molecule has 2 aromatic heterocycles. The third-order valence-electron chi connectivity index (χ3n) is 3.93. The van der Waals surface area contributed by atoms with Crippen LogP contribution in [0, 0.1) is 6.92 Å². The second-order valence-corrected chi connectivity index (χ2v) is 5.95. The van der Waals surface area contributed by atoms with Crippen LogP contribution in [-0.2, 0) is 0 Å². The van der Waals surface area contributed by atoms with Gasteiger partial charge in [0.25, 0.3) is 0 Å². The number of anilines is 2. The number of hydrogen-bond acceptors (Lipinski definition) is 4. The fraction of sp³-hybridized carbons (Fsp3) is 0.0526. The van der Waals surface area contributed by atoms with Gasteiger partial charge in [-0.25, -0.2) is 4.98 Å². The summed E-state index contributed by atoms with van der Waals surface area (Å²) in [5.41, 5.74) is 4.76. The fourth-order valence-electron chi connectivity index (χ4n) is 2.68. The SMILES string of the molecule is Cc1ccccc1Nc1c(-c2cnco2)cnc2ccc(Cl)cc12. The zero-order valence-electron chi connectivity index (χ0n) is 13.0. The van der Waals surface area contributed by atoms with Crippen LogP contribution in [0.25, 0.3) is 22.2 Å². The van der Waals surface area contributed by atoms with Crippen molar-refractivity contribution in [1.82, 2.24) is 9.97 Å². The summed E-state index contributed by atoms with van der Waals surface area (Å²) in [6.07, 6.45) is 4.88. The lowest BCUT2D eigenvalue weighted by Gasteiger charge is -2.15. The summed E-state index contributed by atoms with van der Waals surface area (Å²) >= 11 is 6.21. The molecule has 24 heavy (non-hydrogen) atoms. The van der Waals surface area contributed by atoms with Gasteiger partial charge in [0.1, 0.15) is 0 Å². The van der Waals surface area contributed by atoms with Crippen LogP contribution in [0.2, 0.25) is 5.02 Å². The van der Waals surface area contributed by atoms with E-state index in [1.54, 1.807) is 12.4 Å². The Bertz CT molecular complexity index is 1010. The molecule has 0 radical (unpaired) electrons. The van der Waals surface area contributed by atoms with Gasteiger partial charge in [0.15, 0.2) is 12.2 Å². The first-order chi connectivity index (χ1) is 11.7. The summed E-state index contributed by atoms with van der Waals surface area (Å²) in [7, 11) is 0. The van der Waals surface area contributed by atoms with Crippen molar-refractivity contribution in [3.05, 3.63) is 71.8 Å². The van der Waals surface area contributed by atoms with Gasteiger partial charge in [-0.2, -0.15) is 0 Å². The maximum Gasteiger partial charge on any atom is 0.181 e. The van der Waals surface area contributed by atoms with Gasteiger partial charge in [0, 0.05) is 22.3 Å². The molecule has 0 saturated heterocycles. The van der Waals surface area contributed by atoms with Gasteiger partial charge in [-0.1, -0.05) is 29.8 Å². The Morgan fingerprint density at radius 1 is 1.08 bits per heavy atom. The van der Waals surface area contributed by atoms with E-state index in [1.165, 1.54) is 6.39 Å². The number of rotatable bonds is 3. The summed E-state index contributed by atoms with van der Waals surface area (Å²) in [6, 6.07) is 13.8. The van der Waals surface area contributed by atoms with Crippen LogP contribution in [0.1, 0.15) is 5.56 Å². The second-order valence-electron chi connectivity index (χ2n) is 5.51. The molecule has 118 valence electrons. The van der Waals surface area contributed by atoms with Crippen LogP contribution in [0.5, 0.6) is 0 Å². The Morgan fingerprint density at radius 3 is 2.75 bits per heavy atom. The highest BCUT2D eigenvalue weighted by atomic mass is 35.5. The molecule has 0 aliphatic carbocycles. The van der Waals surface area contributed by atoms with E-state index in [0.717, 1.165) is 33.4 Å². The van der Waals surface area contributed by atoms with E-state index in [2.05, 4.69) is 28.3 Å². The molecule has 5 heteroatoms. The number of aryl methyl sites for hydroxylation is 1. The lowest BCUT2D eigenvalue weighted by Crippen LogP contribution is -1.97. The quantitative estimate of drug-likeness (QED) is 0.529. The van der Waals surface area contributed by atoms with Gasteiger partial charge in [0.2, 0.25) is 0 Å². The number of nitrogens with zero attached hydrogens (tertiary/aromatic N) is 2. The Hall–Kier alpha value is -2.85. The first-order valence-electron chi connectivity index (χ1n) is 7.52. The van der Waals surface area contributed by atoms with E-state index < -0.39 is 0 Å². The molecular weight excluding hydrogens is 322 g/mol. The Balaban J connectivity index is 1.97. The number of oxazole rings is 1. The minimum absolute atomic E-state index is 0.653. The van der Waals surface area contributed by atoms with Crippen LogP contribution in [0.4, 0.5) is 11.4 Å². The minimum atomic E-state index is 0.653. The van der Waals surface area contributed by atoms with Crippen molar-refractivity contribution in [1.29, 1.82) is 0 Å². The number of nitrogens with one attached hydrogen (secondary N) is 1. The highest BCUT2D eigenvalue weighted by Crippen LogP contribution is 2.37. The molecule has 0 saturated carbocycles. The predicted octanol–water partition coefficient (Wildman–Crippen LogP) is 5.60. The monoisotopic (exact) mass is 335 g/mol. The maximum absolute atomic E-state index is 6.21. The van der Waals surface area contributed by atoms with E-state index in [4.69, 9.17) is 16.0 Å². The molecule has 0 spiro atoms. The average molecular weight is 336 g/mol. The van der Waals surface area contributed by atoms with Gasteiger partial charge in [-0.3, -0.25) is 4.98 Å². The van der Waals surface area contributed by atoms with Gasteiger partial charge >= 0.3 is 0 Å². The largest absolute Gasteiger partial charge is 0.443 e. The summed E-state index contributed by atoms with van der Waals surface area (Å²) in [5, 5.41) is 5.10. The number of hydrogen-bond donors (Lipinski definition) is 1. The summed E-state index contributed by atoms with van der Waals surface area (Å²) in [5.74, 6) is 0.653. The van der Waals surface area contributed by atoms with Crippen LogP contribution < -0.4 is 5.32 Å². The molecule has 0 unspecified atom stereocenters. The molecular formula is C19H14ClN3O. The smallest absolute Gasteiger partial charge is 0.181 e. The van der Waals surface area contributed by atoms with E-state index in [-0.39, 0.29) is 0 Å². The Morgan fingerprint density at radius 2 is 1.96 bits per heavy atom. The summed E-state index contributed by atoms with van der Waals surface area (Å²) in [6.45, 7) is 2.06. The molecule has 0 aliphatic heterocycles. The minimum Gasteiger partial charge on any atom is -0.443 e. The van der Waals surface area contributed by atoms with Gasteiger partial charge < -0.3 is 9.73 Å². The number of fused-ring (bicyclic) bond motifs is 1. The highest BCUT2D eigenvalue weighted by Gasteiger charge is 2.14. The van der Waals surface area contributed by atoms with E-state index >= 15 is 0 Å². The van der Waals surface area contributed by atoms with Gasteiger partial charge in [-0.05, 0) is 36.8 Å². The average Bonchev–Trinajstić information content (AvgIpc) is 3.11. The zero-order valence-corrected chi connectivity index (χ0v) is 13.7. The zero-order chi connectivity index (χ0) is 16.5. The molecule has 1 N–H and O–H groups in total. The normalized spacial score (nSPS) is 10.9. The van der Waals surface area contributed by atoms with E-state index in [9.17, 15) is 0 Å². The van der Waals surface area contributed by atoms with Crippen molar-refractivity contribution in [3.8, 4) is 11.3 Å². The summed E-state index contributed by atoms with van der Waals surface area (Å²) in [4.78, 5) is 8.53. The Labute approximate surface area is 144 Å². The van der Waals surface area contributed by atoms with Crippen molar-refractivity contribution < 1.29 is 4.42 Å². The second kappa shape index (κ2) is 5.98. The molecule has 0 atom stereocenters. The highest BCUT2D eigenvalue weighted by molar-refractivity contribution is 6.31. The van der Waals surface area contributed by atoms with Crippen LogP contribution in [0.15, 0.2) is 65.7 Å². The lowest BCUT2D eigenvalue weighted by atomic mass is 10.1. The molecule has 4 aromatic rings. The molecule has 0 bridgehead atoms. The van der Waals surface area contributed by atoms with Crippen LogP contribution in [-0.4, -0.2) is 9.97 Å². The van der Waals surface area contributed by atoms with E-state index in [0.29, 0.717) is 10.8 Å². The molecule has 2 aromatic carbocycles. The molecule has 0 amide bonds. The van der Waals surface area contributed by atoms with Crippen LogP contribution >= 0.6 is 11.6 Å². The fourth-order valence-corrected chi connectivity index (χ4v) is 2.86. The van der Waals surface area contributed by atoms with Crippen molar-refractivity contribution in [2.24, 2.45) is 0 Å². The standard InChI is InChI=1S/C19H14ClN3O/c1-12-4-2-3-5-16(12)23-19-14-8-13(20)6-7-17(14)22-9-15(19)18-10-21-11-24-18/h2-11H,1H3,(H,22,23). The molecule has 4 nitrogen and oxygen atoms in total. The van der Waals surface area contributed by atoms with Crippen molar-refractivity contribution >= 4 is 33.9 Å². The summed E-state index contributed by atoms with van der Waals surface area (Å²) < 4.78 is 5.48. The van der Waals surface area contributed by atoms with Gasteiger partial charge in [0.05, 0.1) is 23.0 Å². The topological polar surface area (TPSA) is 51.0 Å². The third kappa shape index (κ3) is 2.61. The number of pyridine rings is 1. The first-order valence-corrected chi connectivity index (χ1v) is 7.90. The number of benzene rings is 2. The van der Waals surface area contributed by atoms with Crippen molar-refractivity contribution in [3.63, 3.8) is 0 Å². The number of halogens is 1. The van der Waals surface area contributed by atoms with Gasteiger partial charge in [-0.15, -0.1) is 0 Å².